The number of rotatable bonds is 7. The minimum atomic E-state index is -3.69. The molecule has 0 aliphatic rings. The maximum Gasteiger partial charge on any atom is 0.289 e. The Kier molecular flexibility index (Phi) is 6.41. The van der Waals surface area contributed by atoms with Gasteiger partial charge in [-0.25, -0.2) is 0 Å². The Morgan fingerprint density at radius 3 is 2.55 bits per heavy atom. The summed E-state index contributed by atoms with van der Waals surface area (Å²) in [6.07, 6.45) is 1.94. The minimum absolute atomic E-state index is 0.0795. The second-order valence-corrected chi connectivity index (χ2v) is 5.72. The monoisotopic (exact) mass is 297 g/mol. The fourth-order valence-electron chi connectivity index (χ4n) is 1.69. The fraction of sp³-hybridized carbons (Fsp3) is 0.357. The summed E-state index contributed by atoms with van der Waals surface area (Å²) in [6, 6.07) is 9.11. The highest BCUT2D eigenvalue weighted by Gasteiger charge is 2.10. The maximum atomic E-state index is 11.5. The molecule has 1 atom stereocenters. The Hall–Kier alpha value is -1.66. The third-order valence-corrected chi connectivity index (χ3v) is 3.50. The van der Waals surface area contributed by atoms with Crippen molar-refractivity contribution < 1.29 is 17.4 Å². The van der Waals surface area contributed by atoms with Crippen LogP contribution in [0, 0.1) is 0 Å². The number of carbonyl (C=O) groups excluding carboxylic acids is 1. The number of hydrogen-bond acceptors (Lipinski definition) is 4. The van der Waals surface area contributed by atoms with Gasteiger partial charge in [-0.2, -0.15) is 8.42 Å². The zero-order valence-electron chi connectivity index (χ0n) is 11.6. The zero-order chi connectivity index (χ0) is 15.0. The Balaban J connectivity index is 2.80. The van der Waals surface area contributed by atoms with Crippen molar-refractivity contribution in [1.82, 2.24) is 5.32 Å². The number of amides is 1. The molecule has 1 amide bonds. The van der Waals surface area contributed by atoms with E-state index in [9.17, 15) is 13.2 Å². The summed E-state index contributed by atoms with van der Waals surface area (Å²) in [7, 11) is -3.69. The van der Waals surface area contributed by atoms with Gasteiger partial charge in [0.2, 0.25) is 5.91 Å². The molecule has 1 N–H and O–H groups in total. The average molecular weight is 297 g/mol. The SMILES string of the molecule is CCOS(=O)(=O)/C=C/[C@H](Cc1ccccc1)NC(C)=O. The van der Waals surface area contributed by atoms with Crippen LogP contribution in [0.15, 0.2) is 41.8 Å². The highest BCUT2D eigenvalue weighted by Crippen LogP contribution is 2.06. The minimum Gasteiger partial charge on any atom is -0.350 e. The van der Waals surface area contributed by atoms with Crippen LogP contribution in [0.2, 0.25) is 0 Å². The van der Waals surface area contributed by atoms with Crippen molar-refractivity contribution in [3.05, 3.63) is 47.4 Å². The Bertz CT molecular complexity index is 552. The lowest BCUT2D eigenvalue weighted by molar-refractivity contribution is -0.119. The predicted molar refractivity (Wildman–Crippen MR) is 77.4 cm³/mol. The van der Waals surface area contributed by atoms with E-state index in [1.165, 1.54) is 13.0 Å². The average Bonchev–Trinajstić information content (AvgIpc) is 2.37. The lowest BCUT2D eigenvalue weighted by Crippen LogP contribution is -2.33. The molecule has 6 heteroatoms. The van der Waals surface area contributed by atoms with Gasteiger partial charge in [-0.15, -0.1) is 0 Å². The van der Waals surface area contributed by atoms with Gasteiger partial charge in [-0.1, -0.05) is 30.3 Å². The second kappa shape index (κ2) is 7.81. The molecule has 0 aromatic heterocycles. The molecule has 0 radical (unpaired) electrons. The molecule has 5 nitrogen and oxygen atoms in total. The van der Waals surface area contributed by atoms with Gasteiger partial charge in [-0.05, 0) is 25.0 Å². The second-order valence-electron chi connectivity index (χ2n) is 4.22. The van der Waals surface area contributed by atoms with E-state index in [0.717, 1.165) is 11.0 Å². The largest absolute Gasteiger partial charge is 0.350 e. The molecule has 0 heterocycles. The van der Waals surface area contributed by atoms with Gasteiger partial charge in [0.05, 0.1) is 18.1 Å². The van der Waals surface area contributed by atoms with Gasteiger partial charge in [0.15, 0.2) is 0 Å². The normalized spacial score (nSPS) is 13.3. The summed E-state index contributed by atoms with van der Waals surface area (Å²) in [5.74, 6) is -0.218. The first-order valence-corrected chi connectivity index (χ1v) is 7.78. The molecule has 0 saturated heterocycles. The molecule has 1 aromatic carbocycles. The lowest BCUT2D eigenvalue weighted by Gasteiger charge is -2.13. The van der Waals surface area contributed by atoms with Crippen molar-refractivity contribution in [2.24, 2.45) is 0 Å². The summed E-state index contributed by atoms with van der Waals surface area (Å²) in [6.45, 7) is 3.07. The van der Waals surface area contributed by atoms with Crippen LogP contribution in [0.4, 0.5) is 0 Å². The molecule has 20 heavy (non-hydrogen) atoms. The van der Waals surface area contributed by atoms with Gasteiger partial charge >= 0.3 is 0 Å². The summed E-state index contributed by atoms with van der Waals surface area (Å²) in [5, 5.41) is 3.68. The molecule has 0 aliphatic carbocycles. The van der Waals surface area contributed by atoms with E-state index in [0.29, 0.717) is 6.42 Å². The Morgan fingerprint density at radius 1 is 1.35 bits per heavy atom. The van der Waals surface area contributed by atoms with Gasteiger partial charge in [0, 0.05) is 6.92 Å². The van der Waals surface area contributed by atoms with Crippen molar-refractivity contribution in [1.29, 1.82) is 0 Å². The van der Waals surface area contributed by atoms with Crippen molar-refractivity contribution in [2.45, 2.75) is 26.3 Å². The van der Waals surface area contributed by atoms with Crippen LogP contribution >= 0.6 is 0 Å². The third kappa shape index (κ3) is 6.49. The van der Waals surface area contributed by atoms with Crippen molar-refractivity contribution in [2.75, 3.05) is 6.61 Å². The molecule has 0 saturated carbocycles. The smallest absolute Gasteiger partial charge is 0.289 e. The maximum absolute atomic E-state index is 11.5. The Labute approximate surface area is 119 Å². The summed E-state index contributed by atoms with van der Waals surface area (Å²) in [4.78, 5) is 11.2. The quantitative estimate of drug-likeness (QED) is 0.776. The van der Waals surface area contributed by atoms with Crippen molar-refractivity contribution >= 4 is 16.0 Å². The van der Waals surface area contributed by atoms with Gasteiger partial charge in [0.1, 0.15) is 0 Å². The van der Waals surface area contributed by atoms with E-state index in [1.54, 1.807) is 6.92 Å². The number of carbonyl (C=O) groups is 1. The van der Waals surface area contributed by atoms with E-state index in [2.05, 4.69) is 9.50 Å². The van der Waals surface area contributed by atoms with E-state index in [4.69, 9.17) is 0 Å². The van der Waals surface area contributed by atoms with E-state index < -0.39 is 16.2 Å². The van der Waals surface area contributed by atoms with E-state index >= 15 is 0 Å². The van der Waals surface area contributed by atoms with E-state index in [1.807, 2.05) is 30.3 Å². The molecule has 110 valence electrons. The Morgan fingerprint density at radius 2 is 2.00 bits per heavy atom. The molecule has 0 fully saturated rings. The highest BCUT2D eigenvalue weighted by atomic mass is 32.2. The molecule has 1 rings (SSSR count). The molecule has 0 spiro atoms. The van der Waals surface area contributed by atoms with E-state index in [-0.39, 0.29) is 12.5 Å². The third-order valence-electron chi connectivity index (χ3n) is 2.45. The molecular weight excluding hydrogens is 278 g/mol. The van der Waals surface area contributed by atoms with Crippen LogP contribution in [0.3, 0.4) is 0 Å². The number of hydrogen-bond donors (Lipinski definition) is 1. The standard InChI is InChI=1S/C14H19NO4S/c1-3-19-20(17,18)10-9-14(15-12(2)16)11-13-7-5-4-6-8-13/h4-10,14H,3,11H2,1-2H3,(H,15,16)/b10-9+/t14-/m1/s1. The summed E-state index contributed by atoms with van der Waals surface area (Å²) < 4.78 is 27.5. The van der Waals surface area contributed by atoms with Crippen LogP contribution in [0.1, 0.15) is 19.4 Å². The van der Waals surface area contributed by atoms with Crippen LogP contribution < -0.4 is 5.32 Å². The van der Waals surface area contributed by atoms with Crippen LogP contribution in [0.25, 0.3) is 0 Å². The molecule has 0 aliphatic heterocycles. The van der Waals surface area contributed by atoms with Gasteiger partial charge < -0.3 is 5.32 Å². The molecule has 1 aromatic rings. The number of benzene rings is 1. The van der Waals surface area contributed by atoms with Crippen molar-refractivity contribution in [3.8, 4) is 0 Å². The summed E-state index contributed by atoms with van der Waals surface area (Å²) in [5.41, 5.74) is 1.00. The lowest BCUT2D eigenvalue weighted by atomic mass is 10.1. The van der Waals surface area contributed by atoms with Crippen LogP contribution in [-0.4, -0.2) is 27.0 Å². The molecule has 0 unspecified atom stereocenters. The fourth-order valence-corrected chi connectivity index (χ4v) is 2.48. The first-order valence-electron chi connectivity index (χ1n) is 6.31. The van der Waals surface area contributed by atoms with Gasteiger partial charge in [-0.3, -0.25) is 8.98 Å². The molecular formula is C14H19NO4S. The van der Waals surface area contributed by atoms with Crippen LogP contribution in [0.5, 0.6) is 0 Å². The predicted octanol–water partition coefficient (Wildman–Crippen LogP) is 1.61. The molecule has 0 bridgehead atoms. The topological polar surface area (TPSA) is 72.5 Å². The first-order chi connectivity index (χ1) is 9.43. The zero-order valence-corrected chi connectivity index (χ0v) is 12.4. The highest BCUT2D eigenvalue weighted by molar-refractivity contribution is 7.89. The summed E-state index contributed by atoms with van der Waals surface area (Å²) >= 11 is 0. The van der Waals surface area contributed by atoms with Crippen molar-refractivity contribution in [3.63, 3.8) is 0 Å². The first kappa shape index (κ1) is 16.4. The van der Waals surface area contributed by atoms with Gasteiger partial charge in [0.25, 0.3) is 10.1 Å². The van der Waals surface area contributed by atoms with Crippen LogP contribution in [-0.2, 0) is 25.5 Å². The number of nitrogens with one attached hydrogen (secondary N) is 1.